The van der Waals surface area contributed by atoms with E-state index >= 15 is 0 Å². The maximum atomic E-state index is 14.7. The molecule has 1 aliphatic rings. The predicted molar refractivity (Wildman–Crippen MR) is 119 cm³/mol. The van der Waals surface area contributed by atoms with Gasteiger partial charge in [-0.15, -0.1) is 0 Å². The second kappa shape index (κ2) is 9.65. The fraction of sp³-hybridized carbons (Fsp3) is 0.400. The topological polar surface area (TPSA) is 119 Å². The molecule has 0 saturated carbocycles. The predicted octanol–water partition coefficient (Wildman–Crippen LogP) is 2.08. The van der Waals surface area contributed by atoms with Gasteiger partial charge in [-0.25, -0.2) is 18.2 Å². The molecule has 0 bridgehead atoms. The number of carbonyl (C=O) groups excluding carboxylic acids is 1. The van der Waals surface area contributed by atoms with Crippen molar-refractivity contribution in [2.75, 3.05) is 39.0 Å². The third-order valence-electron chi connectivity index (χ3n) is 4.90. The van der Waals surface area contributed by atoms with Crippen molar-refractivity contribution in [1.29, 1.82) is 5.41 Å². The Bertz CT molecular complexity index is 1020. The van der Waals surface area contributed by atoms with Crippen molar-refractivity contribution < 1.29 is 18.0 Å². The number of amidine groups is 1. The molecule has 0 radical (unpaired) electrons. The molecule has 1 amide bonds. The molecule has 0 spiro atoms. The number of hydrogen-bond donors (Lipinski definition) is 4. The molecule has 172 valence electrons. The maximum absolute atomic E-state index is 14.7. The lowest BCUT2D eigenvalue weighted by molar-refractivity contribution is 0.0949. The minimum absolute atomic E-state index is 0.0302. The molecule has 32 heavy (non-hydrogen) atoms. The highest BCUT2D eigenvalue weighted by atomic mass is 32.1. The van der Waals surface area contributed by atoms with Crippen LogP contribution in [0.25, 0.3) is 10.6 Å². The van der Waals surface area contributed by atoms with Crippen molar-refractivity contribution in [2.24, 2.45) is 4.99 Å². The molecule has 1 saturated heterocycles. The number of thiazole rings is 1. The van der Waals surface area contributed by atoms with E-state index in [2.05, 4.69) is 20.6 Å². The van der Waals surface area contributed by atoms with Crippen LogP contribution in [0.1, 0.15) is 17.4 Å². The average molecular weight is 468 g/mol. The van der Waals surface area contributed by atoms with Crippen LogP contribution in [-0.4, -0.2) is 72.8 Å². The second-order valence-electron chi connectivity index (χ2n) is 7.54. The molecule has 0 aliphatic carbocycles. The summed E-state index contributed by atoms with van der Waals surface area (Å²) in [7, 11) is 1.49. The molecule has 8 nitrogen and oxygen atoms in total. The lowest BCUT2D eigenvalue weighted by Gasteiger charge is -2.31. The van der Waals surface area contributed by atoms with E-state index in [1.54, 1.807) is 4.90 Å². The zero-order valence-electron chi connectivity index (χ0n) is 17.6. The van der Waals surface area contributed by atoms with Crippen LogP contribution in [0.3, 0.4) is 0 Å². The molecule has 1 aromatic heterocycles. The first-order chi connectivity index (χ1) is 15.2. The largest absolute Gasteiger partial charge is 0.389 e. The summed E-state index contributed by atoms with van der Waals surface area (Å²) < 4.78 is 42.9. The molecule has 12 heteroatoms. The number of carbonyl (C=O) groups is 1. The first-order valence-corrected chi connectivity index (χ1v) is 10.6. The lowest BCUT2D eigenvalue weighted by Crippen LogP contribution is -2.52. The Morgan fingerprint density at radius 3 is 2.78 bits per heavy atom. The average Bonchev–Trinajstić information content (AvgIpc) is 3.01. The third kappa shape index (κ3) is 5.07. The van der Waals surface area contributed by atoms with E-state index in [1.165, 1.54) is 20.0 Å². The number of nitrogens with two attached hydrogens (primary N) is 1. The van der Waals surface area contributed by atoms with E-state index in [0.29, 0.717) is 18.9 Å². The Morgan fingerprint density at radius 2 is 2.16 bits per heavy atom. The second-order valence-corrected chi connectivity index (χ2v) is 8.57. The van der Waals surface area contributed by atoms with Gasteiger partial charge in [0, 0.05) is 32.9 Å². The highest BCUT2D eigenvalue weighted by Gasteiger charge is 2.33. The summed E-state index contributed by atoms with van der Waals surface area (Å²) in [4.78, 5) is 22.7. The van der Waals surface area contributed by atoms with Crippen LogP contribution in [0, 0.1) is 17.0 Å². The monoisotopic (exact) mass is 467 g/mol. The number of amides is 1. The van der Waals surface area contributed by atoms with Gasteiger partial charge in [-0.1, -0.05) is 17.4 Å². The van der Waals surface area contributed by atoms with Gasteiger partial charge in [0.15, 0.2) is 5.69 Å². The number of aromatic nitrogens is 1. The van der Waals surface area contributed by atoms with E-state index in [4.69, 9.17) is 11.1 Å². The lowest BCUT2D eigenvalue weighted by atomic mass is 10.1. The van der Waals surface area contributed by atoms with Gasteiger partial charge in [-0.3, -0.25) is 9.79 Å². The van der Waals surface area contributed by atoms with Gasteiger partial charge in [0.05, 0.1) is 12.1 Å². The summed E-state index contributed by atoms with van der Waals surface area (Å²) in [5.41, 5.74) is 3.78. The number of benzene rings is 1. The maximum Gasteiger partial charge on any atom is 0.273 e. The molecule has 1 fully saturated rings. The number of nitrogens with zero attached hydrogens (tertiary/aromatic N) is 3. The molecule has 1 aliphatic heterocycles. The van der Waals surface area contributed by atoms with Gasteiger partial charge < -0.3 is 26.7 Å². The Hall–Kier alpha value is -2.99. The third-order valence-corrected chi connectivity index (χ3v) is 5.80. The van der Waals surface area contributed by atoms with Crippen molar-refractivity contribution in [2.45, 2.75) is 18.6 Å². The highest BCUT2D eigenvalue weighted by molar-refractivity contribution is 7.19. The number of nitrogens with one attached hydrogen (secondary N) is 3. The first kappa shape index (κ1) is 23.7. The fourth-order valence-corrected chi connectivity index (χ4v) is 4.34. The molecule has 5 N–H and O–H groups in total. The highest BCUT2D eigenvalue weighted by Crippen LogP contribution is 2.33. The van der Waals surface area contributed by atoms with Crippen molar-refractivity contribution in [3.8, 4) is 10.6 Å². The van der Waals surface area contributed by atoms with Gasteiger partial charge in [-0.05, 0) is 19.1 Å². The van der Waals surface area contributed by atoms with Crippen LogP contribution in [-0.2, 0) is 0 Å². The summed E-state index contributed by atoms with van der Waals surface area (Å²) in [6.45, 7) is 2.61. The normalized spacial score (nSPS) is 20.5. The number of anilines is 1. The zero-order valence-corrected chi connectivity index (χ0v) is 18.4. The Balaban J connectivity index is 1.83. The van der Waals surface area contributed by atoms with E-state index in [9.17, 15) is 18.0 Å². The first-order valence-electron chi connectivity index (χ1n) is 9.80. The number of aliphatic imine (C=N–C) groups is 1. The molecule has 1 unspecified atom stereocenters. The van der Waals surface area contributed by atoms with Crippen LogP contribution in [0.2, 0.25) is 0 Å². The number of nitrogen functional groups attached to an aromatic ring is 1. The molecule has 2 heterocycles. The zero-order chi connectivity index (χ0) is 23.5. The molecule has 3 rings (SSSR count). The molecular formula is C20H24F3N7OS. The van der Waals surface area contributed by atoms with Crippen molar-refractivity contribution >= 4 is 34.3 Å². The Kier molecular flexibility index (Phi) is 7.14. The van der Waals surface area contributed by atoms with Gasteiger partial charge in [-0.2, -0.15) is 0 Å². The van der Waals surface area contributed by atoms with Crippen molar-refractivity contribution in [1.82, 2.24) is 20.5 Å². The smallest absolute Gasteiger partial charge is 0.273 e. The van der Waals surface area contributed by atoms with Crippen LogP contribution in [0.15, 0.2) is 23.2 Å². The Labute approximate surface area is 187 Å². The summed E-state index contributed by atoms with van der Waals surface area (Å²) in [5.74, 6) is -2.09. The van der Waals surface area contributed by atoms with Gasteiger partial charge in [0.25, 0.3) is 5.91 Å². The van der Waals surface area contributed by atoms with Gasteiger partial charge in [0.2, 0.25) is 0 Å². The van der Waals surface area contributed by atoms with Crippen LogP contribution < -0.4 is 16.4 Å². The summed E-state index contributed by atoms with van der Waals surface area (Å²) in [6, 6.07) is 2.41. The van der Waals surface area contributed by atoms with Crippen LogP contribution in [0.4, 0.5) is 18.2 Å². The number of halogens is 3. The summed E-state index contributed by atoms with van der Waals surface area (Å²) >= 11 is 0.774. The fourth-order valence-electron chi connectivity index (χ4n) is 3.46. The van der Waals surface area contributed by atoms with Crippen LogP contribution >= 0.6 is 11.3 Å². The minimum atomic E-state index is -1.53. The van der Waals surface area contributed by atoms with Gasteiger partial charge >= 0.3 is 0 Å². The summed E-state index contributed by atoms with van der Waals surface area (Å²) in [5, 5.41) is 13.3. The standard InChI is InChI=1S/C20H24F3N7OS/c1-20(23)9-27-6-7-30(10-20)17(26-2)13(8-24)28-18(31)15-16(25)32-19(29-15)14-11(21)4-3-5-12(14)22/h3-5,8,13,24,27H,6-7,9-10,25H2,1-2H3,(H,28,31)/t13?,20-/m1/s1. The quantitative estimate of drug-likeness (QED) is 0.397. The summed E-state index contributed by atoms with van der Waals surface area (Å²) in [6.07, 6.45) is 0.966. The molecule has 1 aromatic carbocycles. The van der Waals surface area contributed by atoms with Crippen molar-refractivity contribution in [3.05, 3.63) is 35.5 Å². The van der Waals surface area contributed by atoms with Gasteiger partial charge in [0.1, 0.15) is 39.2 Å². The number of alkyl halides is 1. The van der Waals surface area contributed by atoms with Crippen molar-refractivity contribution in [3.63, 3.8) is 0 Å². The number of hydrogen-bond acceptors (Lipinski definition) is 7. The molecule has 2 aromatic rings. The van der Waals surface area contributed by atoms with E-state index < -0.39 is 29.3 Å². The van der Waals surface area contributed by atoms with E-state index in [1.807, 2.05) is 0 Å². The van der Waals surface area contributed by atoms with E-state index in [-0.39, 0.29) is 34.4 Å². The molecular weight excluding hydrogens is 443 g/mol. The molecule has 2 atom stereocenters. The minimum Gasteiger partial charge on any atom is -0.389 e. The number of rotatable bonds is 5. The Morgan fingerprint density at radius 1 is 1.47 bits per heavy atom. The SMILES string of the molecule is CN=C(C(C=N)NC(=O)c1nc(-c2c(F)cccc2F)sc1N)N1CCNC[C@@](C)(F)C1. The van der Waals surface area contributed by atoms with Crippen LogP contribution in [0.5, 0.6) is 0 Å². The van der Waals surface area contributed by atoms with E-state index in [0.717, 1.165) is 29.7 Å².